The van der Waals surface area contributed by atoms with Gasteiger partial charge in [0.1, 0.15) is 18.1 Å². The number of rotatable bonds is 15. The van der Waals surface area contributed by atoms with Crippen LogP contribution in [0.2, 0.25) is 0 Å². The van der Waals surface area contributed by atoms with Crippen LogP contribution in [0.5, 0.6) is 0 Å². The molecule has 0 fully saturated rings. The molecule has 1 aromatic heterocycles. The van der Waals surface area contributed by atoms with Crippen LogP contribution in [0.4, 0.5) is 0 Å². The Morgan fingerprint density at radius 2 is 1.63 bits per heavy atom. The van der Waals surface area contributed by atoms with Crippen molar-refractivity contribution in [1.29, 1.82) is 0 Å². The van der Waals surface area contributed by atoms with E-state index in [1.807, 2.05) is 13.8 Å². The highest BCUT2D eigenvalue weighted by Crippen LogP contribution is 2.08. The maximum Gasteiger partial charge on any atom is 0.326 e. The number of aromatic nitrogens is 2. The van der Waals surface area contributed by atoms with E-state index in [1.165, 1.54) is 12.5 Å². The highest BCUT2D eigenvalue weighted by atomic mass is 16.4. The Morgan fingerprint density at radius 3 is 2.11 bits per heavy atom. The van der Waals surface area contributed by atoms with Crippen LogP contribution in [0.3, 0.4) is 0 Å². The minimum Gasteiger partial charge on any atom is -0.480 e. The number of primary amides is 1. The smallest absolute Gasteiger partial charge is 0.326 e. The van der Waals surface area contributed by atoms with Gasteiger partial charge in [-0.3, -0.25) is 19.2 Å². The number of hydrogen-bond acceptors (Lipinski definition) is 7. The van der Waals surface area contributed by atoms with Crippen molar-refractivity contribution in [1.82, 2.24) is 25.9 Å². The lowest BCUT2D eigenvalue weighted by atomic mass is 10.0. The molecule has 1 aromatic rings. The van der Waals surface area contributed by atoms with Crippen molar-refractivity contribution in [2.75, 3.05) is 0 Å². The number of aliphatic carboxylic acids is 1. The highest BCUT2D eigenvalue weighted by Gasteiger charge is 2.32. The molecule has 0 spiro atoms. The molecule has 35 heavy (non-hydrogen) atoms. The first-order valence-electron chi connectivity index (χ1n) is 11.5. The number of H-pyrrole nitrogens is 1. The number of nitrogens with two attached hydrogens (primary N) is 2. The molecule has 4 atom stereocenters. The summed E-state index contributed by atoms with van der Waals surface area (Å²) in [6.45, 7) is 7.13. The SMILES string of the molecule is CC(C)CC(N)C(=O)NC(CCC(N)=O)C(=O)NC(C(=O)NC(Cc1cnc[nH]1)C(=O)O)C(C)C. The number of nitrogens with one attached hydrogen (secondary N) is 4. The number of carbonyl (C=O) groups is 5. The monoisotopic (exact) mass is 495 g/mol. The Morgan fingerprint density at radius 1 is 1.00 bits per heavy atom. The van der Waals surface area contributed by atoms with Gasteiger partial charge in [-0.15, -0.1) is 0 Å². The van der Waals surface area contributed by atoms with Crippen molar-refractivity contribution in [2.24, 2.45) is 23.3 Å². The summed E-state index contributed by atoms with van der Waals surface area (Å²) >= 11 is 0. The topological polar surface area (TPSA) is 222 Å². The molecule has 1 heterocycles. The van der Waals surface area contributed by atoms with Gasteiger partial charge >= 0.3 is 5.97 Å². The summed E-state index contributed by atoms with van der Waals surface area (Å²) in [6, 6.07) is -4.40. The zero-order valence-electron chi connectivity index (χ0n) is 20.5. The lowest BCUT2D eigenvalue weighted by molar-refractivity contribution is -0.142. The summed E-state index contributed by atoms with van der Waals surface area (Å²) in [6.07, 6.45) is 2.91. The molecular formula is C22H37N7O6. The van der Waals surface area contributed by atoms with Gasteiger partial charge in [0, 0.05) is 24.7 Å². The first-order valence-corrected chi connectivity index (χ1v) is 11.5. The van der Waals surface area contributed by atoms with Crippen LogP contribution in [0.1, 0.15) is 52.7 Å². The summed E-state index contributed by atoms with van der Waals surface area (Å²) in [5, 5.41) is 17.0. The second kappa shape index (κ2) is 14.0. The Labute approximate surface area is 204 Å². The van der Waals surface area contributed by atoms with E-state index in [-0.39, 0.29) is 25.2 Å². The van der Waals surface area contributed by atoms with Gasteiger partial charge in [-0.25, -0.2) is 9.78 Å². The van der Waals surface area contributed by atoms with Gasteiger partial charge in [0.05, 0.1) is 12.4 Å². The quantitative estimate of drug-likeness (QED) is 0.156. The molecule has 13 heteroatoms. The van der Waals surface area contributed by atoms with Crippen LogP contribution in [0, 0.1) is 11.8 Å². The third kappa shape index (κ3) is 10.5. The Kier molecular flexibility index (Phi) is 11.9. The highest BCUT2D eigenvalue weighted by molar-refractivity contribution is 5.94. The van der Waals surface area contributed by atoms with E-state index in [2.05, 4.69) is 25.9 Å². The molecule has 0 aliphatic carbocycles. The van der Waals surface area contributed by atoms with Crippen molar-refractivity contribution in [3.8, 4) is 0 Å². The molecule has 4 unspecified atom stereocenters. The van der Waals surface area contributed by atoms with Crippen molar-refractivity contribution in [3.05, 3.63) is 18.2 Å². The van der Waals surface area contributed by atoms with Crippen LogP contribution in [-0.4, -0.2) is 68.8 Å². The summed E-state index contributed by atoms with van der Waals surface area (Å²) in [5.74, 6) is -4.19. The van der Waals surface area contributed by atoms with Crippen molar-refractivity contribution in [3.63, 3.8) is 0 Å². The van der Waals surface area contributed by atoms with E-state index in [0.717, 1.165) is 0 Å². The van der Waals surface area contributed by atoms with Gasteiger partial charge < -0.3 is 37.5 Å². The van der Waals surface area contributed by atoms with Crippen LogP contribution >= 0.6 is 0 Å². The molecule has 0 saturated carbocycles. The lowest BCUT2D eigenvalue weighted by Crippen LogP contribution is -2.58. The molecule has 0 saturated heterocycles. The fourth-order valence-electron chi connectivity index (χ4n) is 3.32. The van der Waals surface area contributed by atoms with E-state index < -0.39 is 59.7 Å². The van der Waals surface area contributed by atoms with Crippen LogP contribution < -0.4 is 27.4 Å². The minimum atomic E-state index is -1.26. The second-order valence-electron chi connectivity index (χ2n) is 9.21. The normalized spacial score (nSPS) is 14.6. The number of aromatic amines is 1. The van der Waals surface area contributed by atoms with Crippen LogP contribution in [-0.2, 0) is 30.4 Å². The van der Waals surface area contributed by atoms with E-state index in [9.17, 15) is 29.1 Å². The number of amides is 4. The molecule has 0 aliphatic heterocycles. The summed E-state index contributed by atoms with van der Waals surface area (Å²) < 4.78 is 0. The van der Waals surface area contributed by atoms with Gasteiger partial charge in [0.2, 0.25) is 23.6 Å². The maximum atomic E-state index is 13.0. The molecule has 13 nitrogen and oxygen atoms in total. The minimum absolute atomic E-state index is 0.0368. The first-order chi connectivity index (χ1) is 16.3. The molecular weight excluding hydrogens is 458 g/mol. The zero-order chi connectivity index (χ0) is 26.7. The van der Waals surface area contributed by atoms with Gasteiger partial charge in [0.25, 0.3) is 0 Å². The summed E-state index contributed by atoms with van der Waals surface area (Å²) in [4.78, 5) is 67.9. The van der Waals surface area contributed by atoms with E-state index in [1.54, 1.807) is 13.8 Å². The molecule has 0 radical (unpaired) electrons. The molecule has 0 bridgehead atoms. The third-order valence-corrected chi connectivity index (χ3v) is 5.21. The zero-order valence-corrected chi connectivity index (χ0v) is 20.5. The third-order valence-electron chi connectivity index (χ3n) is 5.21. The van der Waals surface area contributed by atoms with Crippen molar-refractivity contribution < 1.29 is 29.1 Å². The van der Waals surface area contributed by atoms with Gasteiger partial charge in [0.15, 0.2) is 0 Å². The fraction of sp³-hybridized carbons (Fsp3) is 0.636. The molecule has 0 aromatic carbocycles. The standard InChI is InChI=1S/C22H37N7O6/c1-11(2)7-14(23)19(31)27-15(5-6-17(24)30)20(32)29-18(12(3)4)21(33)28-16(22(34)35)8-13-9-25-10-26-13/h9-12,14-16,18H,5-8,23H2,1-4H3,(H2,24,30)(H,25,26)(H,27,31)(H,28,33)(H,29,32)(H,34,35). The number of carboxylic acid groups (broad SMARTS) is 1. The Hall–Kier alpha value is -3.48. The Balaban J connectivity index is 2.95. The van der Waals surface area contributed by atoms with Crippen LogP contribution in [0.15, 0.2) is 12.5 Å². The largest absolute Gasteiger partial charge is 0.480 e. The summed E-state index contributed by atoms with van der Waals surface area (Å²) in [5.41, 5.74) is 11.6. The van der Waals surface area contributed by atoms with Gasteiger partial charge in [-0.05, 0) is 24.7 Å². The van der Waals surface area contributed by atoms with Crippen molar-refractivity contribution >= 4 is 29.6 Å². The van der Waals surface area contributed by atoms with Crippen molar-refractivity contribution in [2.45, 2.75) is 77.5 Å². The average Bonchev–Trinajstić information content (AvgIpc) is 3.26. The molecule has 9 N–H and O–H groups in total. The van der Waals surface area contributed by atoms with Gasteiger partial charge in [-0.2, -0.15) is 0 Å². The first kappa shape index (κ1) is 29.6. The average molecular weight is 496 g/mol. The lowest BCUT2D eigenvalue weighted by Gasteiger charge is -2.27. The summed E-state index contributed by atoms with van der Waals surface area (Å²) in [7, 11) is 0. The van der Waals surface area contributed by atoms with Crippen LogP contribution in [0.25, 0.3) is 0 Å². The fourth-order valence-corrected chi connectivity index (χ4v) is 3.32. The Bertz CT molecular complexity index is 872. The molecule has 4 amide bonds. The number of carboxylic acids is 1. The van der Waals surface area contributed by atoms with Gasteiger partial charge in [-0.1, -0.05) is 27.7 Å². The number of imidazole rings is 1. The number of carbonyl (C=O) groups excluding carboxylic acids is 4. The predicted octanol–water partition coefficient (Wildman–Crippen LogP) is -1.21. The molecule has 1 rings (SSSR count). The predicted molar refractivity (Wildman–Crippen MR) is 126 cm³/mol. The van der Waals surface area contributed by atoms with E-state index in [4.69, 9.17) is 11.5 Å². The van der Waals surface area contributed by atoms with E-state index >= 15 is 0 Å². The molecule has 0 aliphatic rings. The number of nitrogens with zero attached hydrogens (tertiary/aromatic N) is 1. The molecule has 196 valence electrons. The second-order valence-corrected chi connectivity index (χ2v) is 9.21. The maximum absolute atomic E-state index is 13.0. The number of hydrogen-bond donors (Lipinski definition) is 7. The van der Waals surface area contributed by atoms with E-state index in [0.29, 0.717) is 12.1 Å².